The number of hydrogen-bond donors (Lipinski definition) is 3. The van der Waals surface area contributed by atoms with Crippen molar-refractivity contribution in [2.45, 2.75) is 18.9 Å². The van der Waals surface area contributed by atoms with Gasteiger partial charge < -0.3 is 25.3 Å². The molecule has 0 unspecified atom stereocenters. The fourth-order valence-electron chi connectivity index (χ4n) is 5.49. The number of morpholine rings is 1. The van der Waals surface area contributed by atoms with E-state index in [1.54, 1.807) is 28.0 Å². The molecular formula is C28H29N9O3. The first-order valence-corrected chi connectivity index (χ1v) is 13.5. The number of piperidine rings is 1. The van der Waals surface area contributed by atoms with Crippen molar-refractivity contribution < 1.29 is 14.3 Å². The van der Waals surface area contributed by atoms with Crippen LogP contribution in [0.1, 0.15) is 39.6 Å². The Morgan fingerprint density at radius 3 is 2.75 bits per heavy atom. The van der Waals surface area contributed by atoms with E-state index in [4.69, 9.17) is 4.74 Å². The van der Waals surface area contributed by atoms with Gasteiger partial charge in [0.1, 0.15) is 5.65 Å². The number of fused-ring (bicyclic) bond motifs is 2. The normalized spacial score (nSPS) is 16.6. The summed E-state index contributed by atoms with van der Waals surface area (Å²) in [6.07, 6.45) is 12.5. The zero-order chi connectivity index (χ0) is 27.1. The number of nitrogens with zero attached hydrogens (tertiary/aromatic N) is 6. The smallest absolute Gasteiger partial charge is 0.257 e. The predicted molar refractivity (Wildman–Crippen MR) is 148 cm³/mol. The maximum Gasteiger partial charge on any atom is 0.257 e. The molecule has 12 nitrogen and oxygen atoms in total. The second-order valence-corrected chi connectivity index (χ2v) is 10.2. The highest BCUT2D eigenvalue weighted by Gasteiger charge is 2.23. The largest absolute Gasteiger partial charge is 0.378 e. The van der Waals surface area contributed by atoms with Crippen molar-refractivity contribution in [1.82, 2.24) is 39.6 Å². The van der Waals surface area contributed by atoms with Crippen LogP contribution in [0.3, 0.4) is 0 Å². The lowest BCUT2D eigenvalue weighted by molar-refractivity contribution is 0.0304. The Balaban J connectivity index is 1.16. The molecule has 0 aliphatic carbocycles. The lowest BCUT2D eigenvalue weighted by Crippen LogP contribution is -2.40. The van der Waals surface area contributed by atoms with E-state index in [-0.39, 0.29) is 11.8 Å². The minimum Gasteiger partial charge on any atom is -0.378 e. The number of pyridine rings is 2. The van der Waals surface area contributed by atoms with Gasteiger partial charge in [0.15, 0.2) is 0 Å². The number of aromatic nitrogens is 6. The van der Waals surface area contributed by atoms with E-state index in [0.29, 0.717) is 54.8 Å². The first-order valence-electron chi connectivity index (χ1n) is 13.5. The van der Waals surface area contributed by atoms with Gasteiger partial charge in [0, 0.05) is 48.8 Å². The molecule has 2 amide bonds. The number of amides is 2. The second-order valence-electron chi connectivity index (χ2n) is 10.2. The molecule has 0 radical (unpaired) electrons. The van der Waals surface area contributed by atoms with Crippen LogP contribution in [0, 0.1) is 0 Å². The minimum absolute atomic E-state index is 0.0570. The van der Waals surface area contributed by atoms with Crippen LogP contribution in [0.25, 0.3) is 27.7 Å². The van der Waals surface area contributed by atoms with Gasteiger partial charge in [0.05, 0.1) is 54.0 Å². The highest BCUT2D eigenvalue weighted by molar-refractivity contribution is 6.07. The minimum atomic E-state index is -0.254. The van der Waals surface area contributed by atoms with Gasteiger partial charge in [0.25, 0.3) is 11.8 Å². The number of H-pyrrole nitrogens is 1. The molecule has 204 valence electrons. The highest BCUT2D eigenvalue weighted by atomic mass is 16.5. The first-order chi connectivity index (χ1) is 19.6. The van der Waals surface area contributed by atoms with E-state index in [1.165, 1.54) is 0 Å². The zero-order valence-corrected chi connectivity index (χ0v) is 21.8. The Kier molecular flexibility index (Phi) is 6.25. The molecule has 40 heavy (non-hydrogen) atoms. The Morgan fingerprint density at radius 2 is 1.90 bits per heavy atom. The van der Waals surface area contributed by atoms with E-state index >= 15 is 0 Å². The Morgan fingerprint density at radius 1 is 1.05 bits per heavy atom. The molecule has 0 spiro atoms. The summed E-state index contributed by atoms with van der Waals surface area (Å²) in [4.78, 5) is 35.8. The molecule has 5 aromatic rings. The molecule has 12 heteroatoms. The van der Waals surface area contributed by atoms with Gasteiger partial charge in [0.2, 0.25) is 0 Å². The van der Waals surface area contributed by atoms with Gasteiger partial charge in [-0.3, -0.25) is 14.3 Å². The molecule has 0 atom stereocenters. The lowest BCUT2D eigenvalue weighted by atomic mass is 10.0. The summed E-state index contributed by atoms with van der Waals surface area (Å²) in [7, 11) is 0. The quantitative estimate of drug-likeness (QED) is 0.313. The molecule has 3 N–H and O–H groups in total. The van der Waals surface area contributed by atoms with Crippen molar-refractivity contribution in [3.63, 3.8) is 0 Å². The Hall–Kier alpha value is -4.55. The predicted octanol–water partition coefficient (Wildman–Crippen LogP) is 2.72. The average molecular weight is 540 g/mol. The monoisotopic (exact) mass is 539 g/mol. The van der Waals surface area contributed by atoms with Crippen molar-refractivity contribution >= 4 is 34.1 Å². The standard InChI is InChI=1S/C28H29N9O3/c38-27(34-20-14-32-37(17-20)21-1-4-29-5-2-21)19-11-22-23(15-31-26(22)30-13-19)18-3-6-36-25(12-18)24(16-33-36)28(39)35-7-9-40-10-8-35/h3,6,11-17,21,29H,1-2,4-5,7-10H2,(H,30,31)(H,34,38). The maximum absolute atomic E-state index is 13.2. The van der Waals surface area contributed by atoms with Crippen LogP contribution in [0.2, 0.25) is 0 Å². The molecular weight excluding hydrogens is 510 g/mol. The van der Waals surface area contributed by atoms with Gasteiger partial charge in [-0.15, -0.1) is 0 Å². The van der Waals surface area contributed by atoms with Crippen molar-refractivity contribution in [2.75, 3.05) is 44.7 Å². The van der Waals surface area contributed by atoms with Crippen LogP contribution in [-0.4, -0.2) is 85.5 Å². The van der Waals surface area contributed by atoms with Crippen LogP contribution in [-0.2, 0) is 4.74 Å². The third-order valence-corrected chi connectivity index (χ3v) is 7.70. The summed E-state index contributed by atoms with van der Waals surface area (Å²) in [5.74, 6) is -0.311. The van der Waals surface area contributed by atoms with Crippen LogP contribution in [0.4, 0.5) is 5.69 Å². The molecule has 0 aromatic carbocycles. The van der Waals surface area contributed by atoms with E-state index in [1.807, 2.05) is 41.5 Å². The number of anilines is 1. The summed E-state index contributed by atoms with van der Waals surface area (Å²) in [6, 6.07) is 6.06. The number of carbonyl (C=O) groups is 2. The van der Waals surface area contributed by atoms with Crippen molar-refractivity contribution in [3.05, 3.63) is 66.5 Å². The molecule has 2 saturated heterocycles. The van der Waals surface area contributed by atoms with Crippen LogP contribution < -0.4 is 10.6 Å². The van der Waals surface area contributed by atoms with E-state index in [2.05, 4.69) is 30.8 Å². The number of carbonyl (C=O) groups excluding carboxylic acids is 2. The third-order valence-electron chi connectivity index (χ3n) is 7.70. The SMILES string of the molecule is O=C(Nc1cnn(C2CCNCC2)c1)c1cnc2[nH]cc(-c3ccn4ncc(C(=O)N5CCOCC5)c4c3)c2c1. The number of ether oxygens (including phenoxy) is 1. The fraction of sp³-hybridized carbons (Fsp3) is 0.321. The van der Waals surface area contributed by atoms with Crippen LogP contribution in [0.5, 0.6) is 0 Å². The number of rotatable bonds is 5. The maximum atomic E-state index is 13.2. The van der Waals surface area contributed by atoms with Gasteiger partial charge in [-0.05, 0) is 49.7 Å². The number of hydrogen-bond acceptors (Lipinski definition) is 7. The van der Waals surface area contributed by atoms with E-state index in [9.17, 15) is 9.59 Å². The van der Waals surface area contributed by atoms with Gasteiger partial charge in [-0.1, -0.05) is 0 Å². The third kappa shape index (κ3) is 4.50. The Bertz CT molecular complexity index is 1710. The van der Waals surface area contributed by atoms with Crippen molar-refractivity contribution in [3.8, 4) is 11.1 Å². The topological polar surface area (TPSA) is 134 Å². The molecule has 2 aliphatic heterocycles. The van der Waals surface area contributed by atoms with Gasteiger partial charge in [-0.25, -0.2) is 9.50 Å². The number of aromatic amines is 1. The highest BCUT2D eigenvalue weighted by Crippen LogP contribution is 2.30. The van der Waals surface area contributed by atoms with Gasteiger partial charge in [-0.2, -0.15) is 10.2 Å². The van der Waals surface area contributed by atoms with Crippen LogP contribution >= 0.6 is 0 Å². The van der Waals surface area contributed by atoms with Gasteiger partial charge >= 0.3 is 0 Å². The summed E-state index contributed by atoms with van der Waals surface area (Å²) in [5.41, 5.74) is 4.80. The molecule has 7 rings (SSSR count). The molecule has 0 bridgehead atoms. The van der Waals surface area contributed by atoms with Crippen LogP contribution in [0.15, 0.2) is 55.4 Å². The molecule has 5 aromatic heterocycles. The summed E-state index contributed by atoms with van der Waals surface area (Å²) in [5, 5.41) is 16.0. The lowest BCUT2D eigenvalue weighted by Gasteiger charge is -2.26. The van der Waals surface area contributed by atoms with Crippen molar-refractivity contribution in [1.29, 1.82) is 0 Å². The number of nitrogens with one attached hydrogen (secondary N) is 3. The molecule has 2 aliphatic rings. The molecule has 0 saturated carbocycles. The summed E-state index contributed by atoms with van der Waals surface area (Å²) >= 11 is 0. The zero-order valence-electron chi connectivity index (χ0n) is 21.8. The average Bonchev–Trinajstić information content (AvgIpc) is 3.75. The molecule has 2 fully saturated rings. The van der Waals surface area contributed by atoms with Crippen molar-refractivity contribution in [2.24, 2.45) is 0 Å². The molecule has 7 heterocycles. The summed E-state index contributed by atoms with van der Waals surface area (Å²) in [6.45, 7) is 4.14. The second kappa shape index (κ2) is 10.2. The Labute approximate surface area is 229 Å². The van der Waals surface area contributed by atoms with E-state index < -0.39 is 0 Å². The summed E-state index contributed by atoms with van der Waals surface area (Å²) < 4.78 is 9.03. The van der Waals surface area contributed by atoms with E-state index in [0.717, 1.165) is 48.0 Å². The first kappa shape index (κ1) is 24.5. The fourth-order valence-corrected chi connectivity index (χ4v) is 5.49.